The Morgan fingerprint density at radius 3 is 2.57 bits per heavy atom. The smallest absolute Gasteiger partial charge is 0.263 e. The van der Waals surface area contributed by atoms with E-state index in [1.54, 1.807) is 23.2 Å². The zero-order valence-corrected chi connectivity index (χ0v) is 17.3. The van der Waals surface area contributed by atoms with Gasteiger partial charge in [0.15, 0.2) is 0 Å². The van der Waals surface area contributed by atoms with Crippen molar-refractivity contribution in [1.82, 2.24) is 20.2 Å². The van der Waals surface area contributed by atoms with Crippen molar-refractivity contribution in [1.29, 1.82) is 0 Å². The molecule has 8 heteroatoms. The van der Waals surface area contributed by atoms with E-state index in [9.17, 15) is 14.0 Å². The summed E-state index contributed by atoms with van der Waals surface area (Å²) in [5.41, 5.74) is 1.50. The van der Waals surface area contributed by atoms with Crippen LogP contribution in [0.3, 0.4) is 0 Å². The molecule has 1 aliphatic heterocycles. The van der Waals surface area contributed by atoms with Crippen molar-refractivity contribution in [2.45, 2.75) is 25.8 Å². The van der Waals surface area contributed by atoms with E-state index in [-0.39, 0.29) is 23.4 Å². The number of likely N-dealkylation sites (tertiary alicyclic amines) is 1. The van der Waals surface area contributed by atoms with Gasteiger partial charge in [-0.2, -0.15) is 0 Å². The number of aryl methyl sites for hydroxylation is 1. The second-order valence-electron chi connectivity index (χ2n) is 7.17. The molecule has 3 aromatic rings. The van der Waals surface area contributed by atoms with Gasteiger partial charge in [0.05, 0.1) is 17.0 Å². The highest BCUT2D eigenvalue weighted by molar-refractivity contribution is 7.17. The minimum Gasteiger partial charge on any atom is -0.348 e. The molecule has 0 bridgehead atoms. The van der Waals surface area contributed by atoms with Crippen molar-refractivity contribution >= 4 is 23.2 Å². The molecule has 1 aromatic carbocycles. The molecule has 0 atom stereocenters. The molecule has 3 heterocycles. The standard InChI is InChI=1S/C22H21FN4O2S/c1-14-19(30-21(25-14)18-8-4-5-11-24-18)20(28)26-15-9-12-27(13-10-15)22(29)16-6-2-3-7-17(16)23/h2-8,11,15H,9-10,12-13H2,1H3,(H,26,28). The minimum atomic E-state index is -0.512. The van der Waals surface area contributed by atoms with Crippen LogP contribution in [0.1, 0.15) is 38.6 Å². The Balaban J connectivity index is 1.36. The van der Waals surface area contributed by atoms with Gasteiger partial charge in [0.25, 0.3) is 11.8 Å². The minimum absolute atomic E-state index is 0.0398. The third-order valence-electron chi connectivity index (χ3n) is 5.11. The number of carbonyl (C=O) groups is 2. The fourth-order valence-electron chi connectivity index (χ4n) is 3.49. The molecule has 2 amide bonds. The Morgan fingerprint density at radius 1 is 1.13 bits per heavy atom. The van der Waals surface area contributed by atoms with Gasteiger partial charge < -0.3 is 10.2 Å². The monoisotopic (exact) mass is 424 g/mol. The summed E-state index contributed by atoms with van der Waals surface area (Å²) in [7, 11) is 0. The zero-order chi connectivity index (χ0) is 21.1. The molecule has 1 aliphatic rings. The molecular formula is C22H21FN4O2S. The van der Waals surface area contributed by atoms with Gasteiger partial charge in [0.2, 0.25) is 0 Å². The average molecular weight is 425 g/mol. The SMILES string of the molecule is Cc1nc(-c2ccccn2)sc1C(=O)NC1CCN(C(=O)c2ccccc2F)CC1. The highest BCUT2D eigenvalue weighted by Gasteiger charge is 2.27. The normalized spacial score (nSPS) is 14.5. The van der Waals surface area contributed by atoms with Gasteiger partial charge >= 0.3 is 0 Å². The van der Waals surface area contributed by atoms with Crippen LogP contribution < -0.4 is 5.32 Å². The average Bonchev–Trinajstić information content (AvgIpc) is 3.16. The maximum absolute atomic E-state index is 13.9. The molecule has 4 rings (SSSR count). The van der Waals surface area contributed by atoms with Gasteiger partial charge in [-0.1, -0.05) is 18.2 Å². The summed E-state index contributed by atoms with van der Waals surface area (Å²) in [4.78, 5) is 36.3. The van der Waals surface area contributed by atoms with E-state index in [1.807, 2.05) is 25.1 Å². The number of amides is 2. The third kappa shape index (κ3) is 4.23. The zero-order valence-electron chi connectivity index (χ0n) is 16.5. The van der Waals surface area contributed by atoms with Crippen LogP contribution in [0.15, 0.2) is 48.7 Å². The summed E-state index contributed by atoms with van der Waals surface area (Å²) < 4.78 is 13.9. The molecule has 1 N–H and O–H groups in total. The highest BCUT2D eigenvalue weighted by Crippen LogP contribution is 2.26. The van der Waals surface area contributed by atoms with E-state index in [2.05, 4.69) is 15.3 Å². The van der Waals surface area contributed by atoms with Crippen LogP contribution in [-0.4, -0.2) is 45.8 Å². The van der Waals surface area contributed by atoms with E-state index in [0.717, 1.165) is 5.69 Å². The molecule has 6 nitrogen and oxygen atoms in total. The number of nitrogens with one attached hydrogen (secondary N) is 1. The Hall–Kier alpha value is -3.13. The summed E-state index contributed by atoms with van der Waals surface area (Å²) >= 11 is 1.32. The van der Waals surface area contributed by atoms with Crippen molar-refractivity contribution in [3.05, 3.63) is 70.6 Å². The molecule has 30 heavy (non-hydrogen) atoms. The Morgan fingerprint density at radius 2 is 1.87 bits per heavy atom. The lowest BCUT2D eigenvalue weighted by Crippen LogP contribution is -2.46. The fourth-order valence-corrected chi connectivity index (χ4v) is 4.43. The van der Waals surface area contributed by atoms with Crippen LogP contribution >= 0.6 is 11.3 Å². The lowest BCUT2D eigenvalue weighted by Gasteiger charge is -2.32. The summed E-state index contributed by atoms with van der Waals surface area (Å²) in [5.74, 6) is -0.982. The van der Waals surface area contributed by atoms with E-state index in [1.165, 1.54) is 23.5 Å². The molecule has 2 aromatic heterocycles. The molecule has 1 saturated heterocycles. The number of hydrogen-bond acceptors (Lipinski definition) is 5. The van der Waals surface area contributed by atoms with Crippen molar-refractivity contribution in [2.24, 2.45) is 0 Å². The number of carbonyl (C=O) groups excluding carboxylic acids is 2. The van der Waals surface area contributed by atoms with Crippen LogP contribution in [0, 0.1) is 12.7 Å². The Bertz CT molecular complexity index is 1060. The molecule has 0 spiro atoms. The first-order valence-corrected chi connectivity index (χ1v) is 10.6. The predicted octanol–water partition coefficient (Wildman–Crippen LogP) is 3.69. The van der Waals surface area contributed by atoms with E-state index in [4.69, 9.17) is 0 Å². The van der Waals surface area contributed by atoms with Crippen LogP contribution in [-0.2, 0) is 0 Å². The first kappa shape index (κ1) is 20.2. The summed E-state index contributed by atoms with van der Waals surface area (Å²) in [6.45, 7) is 2.76. The highest BCUT2D eigenvalue weighted by atomic mass is 32.1. The number of hydrogen-bond donors (Lipinski definition) is 1. The topological polar surface area (TPSA) is 75.2 Å². The molecule has 1 fully saturated rings. The molecule has 154 valence electrons. The maximum atomic E-state index is 13.9. The second kappa shape index (κ2) is 8.71. The van der Waals surface area contributed by atoms with Crippen molar-refractivity contribution in [2.75, 3.05) is 13.1 Å². The number of nitrogens with zero attached hydrogens (tertiary/aromatic N) is 3. The largest absolute Gasteiger partial charge is 0.348 e. The second-order valence-corrected chi connectivity index (χ2v) is 8.17. The van der Waals surface area contributed by atoms with Crippen LogP contribution in [0.2, 0.25) is 0 Å². The van der Waals surface area contributed by atoms with Crippen molar-refractivity contribution in [3.63, 3.8) is 0 Å². The van der Waals surface area contributed by atoms with Crippen LogP contribution in [0.25, 0.3) is 10.7 Å². The van der Waals surface area contributed by atoms with Crippen molar-refractivity contribution < 1.29 is 14.0 Å². The van der Waals surface area contributed by atoms with Crippen LogP contribution in [0.5, 0.6) is 0 Å². The number of halogens is 1. The quantitative estimate of drug-likeness (QED) is 0.693. The summed E-state index contributed by atoms with van der Waals surface area (Å²) in [6.07, 6.45) is 2.94. The number of thiazole rings is 1. The number of piperidine rings is 1. The Labute approximate surface area is 177 Å². The van der Waals surface area contributed by atoms with Crippen LogP contribution in [0.4, 0.5) is 4.39 Å². The van der Waals surface area contributed by atoms with E-state index >= 15 is 0 Å². The first-order valence-electron chi connectivity index (χ1n) is 9.76. The van der Waals surface area contributed by atoms with Crippen molar-refractivity contribution in [3.8, 4) is 10.7 Å². The van der Waals surface area contributed by atoms with Gasteiger partial charge in [-0.15, -0.1) is 11.3 Å². The van der Waals surface area contributed by atoms with Gasteiger partial charge in [0, 0.05) is 25.3 Å². The molecule has 0 aliphatic carbocycles. The number of benzene rings is 1. The molecule has 0 unspecified atom stereocenters. The lowest BCUT2D eigenvalue weighted by molar-refractivity contribution is 0.0694. The predicted molar refractivity (Wildman–Crippen MR) is 113 cm³/mol. The summed E-state index contributed by atoms with van der Waals surface area (Å²) in [6, 6.07) is 11.5. The summed E-state index contributed by atoms with van der Waals surface area (Å²) in [5, 5.41) is 3.76. The van der Waals surface area contributed by atoms with Gasteiger partial charge in [-0.3, -0.25) is 14.6 Å². The number of rotatable bonds is 4. The number of aromatic nitrogens is 2. The molecular weight excluding hydrogens is 403 g/mol. The fraction of sp³-hybridized carbons (Fsp3) is 0.273. The first-order chi connectivity index (χ1) is 14.5. The van der Waals surface area contributed by atoms with E-state index in [0.29, 0.717) is 41.5 Å². The van der Waals surface area contributed by atoms with Gasteiger partial charge in [-0.25, -0.2) is 9.37 Å². The lowest BCUT2D eigenvalue weighted by atomic mass is 10.0. The van der Waals surface area contributed by atoms with Gasteiger partial charge in [0.1, 0.15) is 15.7 Å². The van der Waals surface area contributed by atoms with E-state index < -0.39 is 5.82 Å². The van der Waals surface area contributed by atoms with Gasteiger partial charge in [-0.05, 0) is 44.0 Å². The molecule has 0 saturated carbocycles. The number of pyridine rings is 1. The molecule has 0 radical (unpaired) electrons. The third-order valence-corrected chi connectivity index (χ3v) is 6.29. The maximum Gasteiger partial charge on any atom is 0.263 e. The Kier molecular flexibility index (Phi) is 5.85.